The molecule has 0 radical (unpaired) electrons. The van der Waals surface area contributed by atoms with Gasteiger partial charge in [-0.05, 0) is 37.9 Å². The number of nitrogens with zero attached hydrogens (tertiary/aromatic N) is 2. The molecule has 1 unspecified atom stereocenters. The van der Waals surface area contributed by atoms with E-state index in [9.17, 15) is 0 Å². The van der Waals surface area contributed by atoms with Gasteiger partial charge < -0.3 is 15.6 Å². The van der Waals surface area contributed by atoms with Crippen LogP contribution in [-0.4, -0.2) is 35.1 Å². The molecule has 0 spiro atoms. The first-order chi connectivity index (χ1) is 9.27. The number of aromatic nitrogens is 3. The van der Waals surface area contributed by atoms with E-state index in [1.54, 1.807) is 0 Å². The third kappa shape index (κ3) is 2.08. The van der Waals surface area contributed by atoms with Crippen molar-refractivity contribution in [3.8, 4) is 0 Å². The molecule has 1 aliphatic heterocycles. The Morgan fingerprint density at radius 2 is 2.26 bits per heavy atom. The molecule has 1 atom stereocenters. The highest BCUT2D eigenvalue weighted by molar-refractivity contribution is 5.73. The number of imidazole rings is 1. The van der Waals surface area contributed by atoms with E-state index in [1.165, 1.54) is 12.8 Å². The third-order valence-electron chi connectivity index (χ3n) is 4.25. The summed E-state index contributed by atoms with van der Waals surface area (Å²) in [6.07, 6.45) is 3.49. The van der Waals surface area contributed by atoms with Gasteiger partial charge in [0, 0.05) is 19.0 Å². The summed E-state index contributed by atoms with van der Waals surface area (Å²) in [6, 6.07) is 4.02. The second kappa shape index (κ2) is 4.81. The summed E-state index contributed by atoms with van der Waals surface area (Å²) in [4.78, 5) is 12.7. The molecule has 0 aliphatic carbocycles. The van der Waals surface area contributed by atoms with Crippen LogP contribution in [0.4, 0.5) is 5.82 Å². The number of piperidine rings is 1. The Labute approximate surface area is 113 Å². The summed E-state index contributed by atoms with van der Waals surface area (Å²) in [6.45, 7) is 4.36. The van der Waals surface area contributed by atoms with Crippen molar-refractivity contribution in [1.29, 1.82) is 0 Å². The number of hydrogen-bond donors (Lipinski definition) is 3. The number of nitrogens with one attached hydrogen (secondary N) is 3. The molecule has 0 saturated carbocycles. The molecule has 0 aromatic carbocycles. The van der Waals surface area contributed by atoms with E-state index in [2.05, 4.69) is 27.5 Å². The highest BCUT2D eigenvalue weighted by Crippen LogP contribution is 2.33. The van der Waals surface area contributed by atoms with Gasteiger partial charge in [-0.15, -0.1) is 0 Å². The van der Waals surface area contributed by atoms with Gasteiger partial charge in [-0.25, -0.2) is 9.97 Å². The Morgan fingerprint density at radius 1 is 1.37 bits per heavy atom. The molecular formula is C14H21N5. The van der Waals surface area contributed by atoms with E-state index in [-0.39, 0.29) is 5.41 Å². The minimum absolute atomic E-state index is 0.138. The quantitative estimate of drug-likeness (QED) is 0.789. The molecule has 3 N–H and O–H groups in total. The van der Waals surface area contributed by atoms with Gasteiger partial charge in [-0.2, -0.15) is 0 Å². The van der Waals surface area contributed by atoms with Gasteiger partial charge in [0.15, 0.2) is 5.65 Å². The van der Waals surface area contributed by atoms with Gasteiger partial charge in [0.1, 0.15) is 11.6 Å². The summed E-state index contributed by atoms with van der Waals surface area (Å²) in [7, 11) is 1.88. The Morgan fingerprint density at radius 3 is 2.95 bits per heavy atom. The average molecular weight is 259 g/mol. The molecule has 1 aliphatic rings. The molecule has 5 heteroatoms. The number of anilines is 1. The van der Waals surface area contributed by atoms with Gasteiger partial charge in [0.05, 0.1) is 5.52 Å². The minimum Gasteiger partial charge on any atom is -0.373 e. The van der Waals surface area contributed by atoms with Gasteiger partial charge in [-0.3, -0.25) is 0 Å². The maximum Gasteiger partial charge on any atom is 0.179 e. The number of aromatic amines is 1. The summed E-state index contributed by atoms with van der Waals surface area (Å²) in [5.74, 6) is 1.94. The van der Waals surface area contributed by atoms with Crippen molar-refractivity contribution in [2.75, 3.05) is 25.5 Å². The Balaban J connectivity index is 2.03. The predicted octanol–water partition coefficient (Wildman–Crippen LogP) is 2.03. The average Bonchev–Trinajstić information content (AvgIpc) is 2.91. The molecule has 0 amide bonds. The molecule has 5 nitrogen and oxygen atoms in total. The molecule has 3 rings (SSSR count). The van der Waals surface area contributed by atoms with Gasteiger partial charge in [-0.1, -0.05) is 6.92 Å². The number of fused-ring (bicyclic) bond motifs is 1. The lowest BCUT2D eigenvalue weighted by molar-refractivity contribution is 0.290. The molecule has 102 valence electrons. The lowest BCUT2D eigenvalue weighted by atomic mass is 9.77. The van der Waals surface area contributed by atoms with Crippen LogP contribution in [-0.2, 0) is 5.41 Å². The van der Waals surface area contributed by atoms with Crippen LogP contribution in [0.25, 0.3) is 11.2 Å². The lowest BCUT2D eigenvalue weighted by Crippen LogP contribution is -2.43. The molecule has 2 aromatic rings. The van der Waals surface area contributed by atoms with E-state index in [0.29, 0.717) is 0 Å². The first kappa shape index (κ1) is 12.4. The van der Waals surface area contributed by atoms with Crippen molar-refractivity contribution in [1.82, 2.24) is 20.3 Å². The minimum atomic E-state index is 0.138. The second-order valence-corrected chi connectivity index (χ2v) is 5.32. The SMILES string of the molecule is CCC1(c2nc3nc(NC)ccc3[nH]2)CCCNC1. The van der Waals surface area contributed by atoms with E-state index in [4.69, 9.17) is 4.98 Å². The number of hydrogen-bond acceptors (Lipinski definition) is 4. The highest BCUT2D eigenvalue weighted by Gasteiger charge is 2.35. The van der Waals surface area contributed by atoms with Crippen LogP contribution >= 0.6 is 0 Å². The lowest BCUT2D eigenvalue weighted by Gasteiger charge is -2.35. The molecule has 1 fully saturated rings. The van der Waals surface area contributed by atoms with Crippen molar-refractivity contribution in [3.63, 3.8) is 0 Å². The Bertz CT molecular complexity index is 568. The van der Waals surface area contributed by atoms with Crippen LogP contribution in [0.1, 0.15) is 32.0 Å². The molecule has 19 heavy (non-hydrogen) atoms. The molecule has 1 saturated heterocycles. The van der Waals surface area contributed by atoms with Crippen LogP contribution < -0.4 is 10.6 Å². The van der Waals surface area contributed by atoms with Crippen molar-refractivity contribution < 1.29 is 0 Å². The van der Waals surface area contributed by atoms with Crippen molar-refractivity contribution >= 4 is 17.0 Å². The van der Waals surface area contributed by atoms with Crippen molar-refractivity contribution in [2.45, 2.75) is 31.6 Å². The predicted molar refractivity (Wildman–Crippen MR) is 77.5 cm³/mol. The van der Waals surface area contributed by atoms with E-state index < -0.39 is 0 Å². The zero-order valence-corrected chi connectivity index (χ0v) is 11.6. The summed E-state index contributed by atoms with van der Waals surface area (Å²) in [5.41, 5.74) is 1.96. The molecular weight excluding hydrogens is 238 g/mol. The largest absolute Gasteiger partial charge is 0.373 e. The zero-order chi connectivity index (χ0) is 13.3. The summed E-state index contributed by atoms with van der Waals surface area (Å²) >= 11 is 0. The topological polar surface area (TPSA) is 65.6 Å². The van der Waals surface area contributed by atoms with Crippen molar-refractivity contribution in [3.05, 3.63) is 18.0 Å². The standard InChI is InChI=1S/C14H21N5/c1-3-14(7-4-8-16-9-14)13-17-10-5-6-11(15-2)18-12(10)19-13/h5-6,16H,3-4,7-9H2,1-2H3,(H2,15,17,18,19). The van der Waals surface area contributed by atoms with Crippen LogP contribution in [0.3, 0.4) is 0 Å². The van der Waals surface area contributed by atoms with Gasteiger partial charge >= 0.3 is 0 Å². The molecule has 3 heterocycles. The van der Waals surface area contributed by atoms with Gasteiger partial charge in [0.2, 0.25) is 0 Å². The zero-order valence-electron chi connectivity index (χ0n) is 11.6. The maximum absolute atomic E-state index is 4.74. The van der Waals surface area contributed by atoms with Crippen LogP contribution in [0.2, 0.25) is 0 Å². The summed E-state index contributed by atoms with van der Waals surface area (Å²) in [5, 5.41) is 6.55. The highest BCUT2D eigenvalue weighted by atomic mass is 15.1. The van der Waals surface area contributed by atoms with E-state index in [1.807, 2.05) is 19.2 Å². The van der Waals surface area contributed by atoms with Gasteiger partial charge in [0.25, 0.3) is 0 Å². The number of pyridine rings is 1. The Kier molecular flexibility index (Phi) is 3.14. The second-order valence-electron chi connectivity index (χ2n) is 5.32. The van der Waals surface area contributed by atoms with E-state index >= 15 is 0 Å². The first-order valence-corrected chi connectivity index (χ1v) is 7.03. The van der Waals surface area contributed by atoms with Crippen LogP contribution in [0.15, 0.2) is 12.1 Å². The smallest absolute Gasteiger partial charge is 0.179 e. The Hall–Kier alpha value is -1.62. The number of rotatable bonds is 3. The van der Waals surface area contributed by atoms with E-state index in [0.717, 1.165) is 42.3 Å². The first-order valence-electron chi connectivity index (χ1n) is 7.03. The molecule has 2 aromatic heterocycles. The monoisotopic (exact) mass is 259 g/mol. The number of H-pyrrole nitrogens is 1. The maximum atomic E-state index is 4.74. The fraction of sp³-hybridized carbons (Fsp3) is 0.571. The fourth-order valence-electron chi connectivity index (χ4n) is 2.92. The molecule has 0 bridgehead atoms. The fourth-order valence-corrected chi connectivity index (χ4v) is 2.92. The van der Waals surface area contributed by atoms with Crippen LogP contribution in [0, 0.1) is 0 Å². The third-order valence-corrected chi connectivity index (χ3v) is 4.25. The van der Waals surface area contributed by atoms with Crippen LogP contribution in [0.5, 0.6) is 0 Å². The van der Waals surface area contributed by atoms with Crippen molar-refractivity contribution in [2.24, 2.45) is 0 Å². The normalized spacial score (nSPS) is 23.7. The summed E-state index contributed by atoms with van der Waals surface area (Å²) < 4.78 is 0.